The van der Waals surface area contributed by atoms with Gasteiger partial charge in [-0.15, -0.1) is 0 Å². The van der Waals surface area contributed by atoms with Crippen molar-refractivity contribution in [2.45, 2.75) is 39.2 Å². The molecular formula is C19H22N4O4. The number of rotatable bonds is 8. The minimum Gasteiger partial charge on any atom is -0.480 e. The largest absolute Gasteiger partial charge is 0.480 e. The molecule has 0 fully saturated rings. The molecule has 27 heavy (non-hydrogen) atoms. The van der Waals surface area contributed by atoms with Gasteiger partial charge in [-0.1, -0.05) is 37.6 Å². The molecule has 142 valence electrons. The second-order valence-electron chi connectivity index (χ2n) is 6.53. The summed E-state index contributed by atoms with van der Waals surface area (Å²) in [7, 11) is 0. The number of aryl methyl sites for hydroxylation is 1. The first-order valence-corrected chi connectivity index (χ1v) is 8.90. The van der Waals surface area contributed by atoms with E-state index in [0.717, 1.165) is 16.5 Å². The van der Waals surface area contributed by atoms with Gasteiger partial charge in [0, 0.05) is 35.5 Å². The number of aromatic nitrogens is 3. The molecule has 0 unspecified atom stereocenters. The van der Waals surface area contributed by atoms with E-state index in [1.807, 2.05) is 37.4 Å². The van der Waals surface area contributed by atoms with E-state index in [2.05, 4.69) is 20.4 Å². The van der Waals surface area contributed by atoms with E-state index in [9.17, 15) is 14.7 Å². The van der Waals surface area contributed by atoms with Crippen LogP contribution in [0.3, 0.4) is 0 Å². The quantitative estimate of drug-likeness (QED) is 0.560. The summed E-state index contributed by atoms with van der Waals surface area (Å²) < 4.78 is 5.25. The second kappa shape index (κ2) is 8.03. The maximum atomic E-state index is 12.1. The minimum atomic E-state index is -1.03. The number of H-pyrrole nitrogens is 1. The van der Waals surface area contributed by atoms with Crippen LogP contribution in [-0.2, 0) is 16.0 Å². The third-order valence-electron chi connectivity index (χ3n) is 4.67. The number of carboxylic acids is 1. The summed E-state index contributed by atoms with van der Waals surface area (Å²) in [5, 5.41) is 16.8. The summed E-state index contributed by atoms with van der Waals surface area (Å²) in [6.45, 7) is 3.68. The molecule has 0 bridgehead atoms. The number of fused-ring (bicyclic) bond motifs is 1. The molecule has 3 aromatic rings. The number of hydrogen-bond donors (Lipinski definition) is 3. The molecule has 2 atom stereocenters. The average Bonchev–Trinajstić information content (AvgIpc) is 3.32. The fraction of sp³-hybridized carbons (Fsp3) is 0.368. The maximum absolute atomic E-state index is 12.1. The molecule has 8 heteroatoms. The monoisotopic (exact) mass is 370 g/mol. The summed E-state index contributed by atoms with van der Waals surface area (Å²) in [4.78, 5) is 30.9. The first-order valence-electron chi connectivity index (χ1n) is 8.90. The predicted octanol–water partition coefficient (Wildman–Crippen LogP) is 2.77. The molecule has 2 heterocycles. The summed E-state index contributed by atoms with van der Waals surface area (Å²) in [5.41, 5.74) is 1.82. The number of aromatic amines is 1. The molecule has 0 aliphatic rings. The fourth-order valence-electron chi connectivity index (χ4n) is 2.90. The summed E-state index contributed by atoms with van der Waals surface area (Å²) >= 11 is 0. The Kier molecular flexibility index (Phi) is 5.54. The lowest BCUT2D eigenvalue weighted by molar-refractivity contribution is -0.143. The van der Waals surface area contributed by atoms with Gasteiger partial charge in [-0.3, -0.25) is 4.79 Å². The molecule has 0 radical (unpaired) electrons. The van der Waals surface area contributed by atoms with E-state index in [4.69, 9.17) is 4.52 Å². The van der Waals surface area contributed by atoms with E-state index in [1.54, 1.807) is 6.92 Å². The van der Waals surface area contributed by atoms with Gasteiger partial charge in [-0.05, 0) is 18.1 Å². The summed E-state index contributed by atoms with van der Waals surface area (Å²) in [6, 6.07) is 6.81. The number of aliphatic carboxylic acids is 1. The van der Waals surface area contributed by atoms with Crippen LogP contribution in [0.4, 0.5) is 0 Å². The van der Waals surface area contributed by atoms with Gasteiger partial charge < -0.3 is 19.9 Å². The molecule has 3 N–H and O–H groups in total. The van der Waals surface area contributed by atoms with Gasteiger partial charge in [0.05, 0.1) is 0 Å². The zero-order valence-electron chi connectivity index (χ0n) is 15.2. The highest BCUT2D eigenvalue weighted by atomic mass is 16.5. The molecule has 0 aliphatic carbocycles. The zero-order chi connectivity index (χ0) is 19.4. The predicted molar refractivity (Wildman–Crippen MR) is 98.9 cm³/mol. The first kappa shape index (κ1) is 18.6. The Balaban J connectivity index is 1.64. The summed E-state index contributed by atoms with van der Waals surface area (Å²) in [5.74, 6) is -0.738. The van der Waals surface area contributed by atoms with Crippen molar-refractivity contribution in [3.05, 3.63) is 36.4 Å². The van der Waals surface area contributed by atoms with Crippen molar-refractivity contribution in [2.75, 3.05) is 0 Å². The van der Waals surface area contributed by atoms with Crippen LogP contribution in [0.5, 0.6) is 0 Å². The van der Waals surface area contributed by atoms with E-state index in [-0.39, 0.29) is 24.7 Å². The Morgan fingerprint density at radius 3 is 2.89 bits per heavy atom. The molecule has 0 aliphatic heterocycles. The number of carboxylic acid groups (broad SMARTS) is 1. The molecule has 0 saturated carbocycles. The third-order valence-corrected chi connectivity index (χ3v) is 4.67. The second-order valence-corrected chi connectivity index (χ2v) is 6.53. The molecule has 3 rings (SSSR count). The Labute approximate surface area is 156 Å². The number of carbonyl (C=O) groups excluding carboxylic acids is 1. The third kappa shape index (κ3) is 4.16. The van der Waals surface area contributed by atoms with Crippen molar-refractivity contribution < 1.29 is 19.2 Å². The van der Waals surface area contributed by atoms with Crippen molar-refractivity contribution in [3.63, 3.8) is 0 Å². The Hall–Kier alpha value is -3.16. The van der Waals surface area contributed by atoms with Gasteiger partial charge in [0.1, 0.15) is 6.04 Å². The van der Waals surface area contributed by atoms with Crippen LogP contribution >= 0.6 is 0 Å². The normalized spacial score (nSPS) is 13.4. The van der Waals surface area contributed by atoms with E-state index >= 15 is 0 Å². The molecule has 1 amide bonds. The molecular weight excluding hydrogens is 348 g/mol. The lowest BCUT2D eigenvalue weighted by Gasteiger charge is -2.19. The molecule has 1 aromatic carbocycles. The average molecular weight is 370 g/mol. The van der Waals surface area contributed by atoms with Crippen LogP contribution in [0.2, 0.25) is 0 Å². The SMILES string of the molecule is CC[C@@H](C)[C@H](NC(=O)CCc1nc(-c2cccc3[nH]ccc23)no1)C(=O)O. The number of nitrogens with zero attached hydrogens (tertiary/aromatic N) is 2. The van der Waals surface area contributed by atoms with Gasteiger partial charge in [0.2, 0.25) is 17.6 Å². The highest BCUT2D eigenvalue weighted by Crippen LogP contribution is 2.26. The molecule has 2 aromatic heterocycles. The lowest BCUT2D eigenvalue weighted by Crippen LogP contribution is -2.45. The van der Waals surface area contributed by atoms with Gasteiger partial charge in [0.15, 0.2) is 0 Å². The van der Waals surface area contributed by atoms with E-state index in [0.29, 0.717) is 18.1 Å². The van der Waals surface area contributed by atoms with Crippen LogP contribution in [-0.4, -0.2) is 38.1 Å². The smallest absolute Gasteiger partial charge is 0.326 e. The number of carbonyl (C=O) groups is 2. The van der Waals surface area contributed by atoms with Gasteiger partial charge >= 0.3 is 5.97 Å². The van der Waals surface area contributed by atoms with Crippen LogP contribution in [0.1, 0.15) is 32.6 Å². The number of nitrogens with one attached hydrogen (secondary N) is 2. The highest BCUT2D eigenvalue weighted by Gasteiger charge is 2.25. The molecule has 0 saturated heterocycles. The summed E-state index contributed by atoms with van der Waals surface area (Å²) in [6.07, 6.45) is 2.83. The van der Waals surface area contributed by atoms with Crippen molar-refractivity contribution >= 4 is 22.8 Å². The topological polar surface area (TPSA) is 121 Å². The van der Waals surface area contributed by atoms with Crippen molar-refractivity contribution in [2.24, 2.45) is 5.92 Å². The zero-order valence-corrected chi connectivity index (χ0v) is 15.2. The lowest BCUT2D eigenvalue weighted by atomic mass is 9.99. The van der Waals surface area contributed by atoms with Crippen molar-refractivity contribution in [1.29, 1.82) is 0 Å². The van der Waals surface area contributed by atoms with Crippen LogP contribution < -0.4 is 5.32 Å². The Morgan fingerprint density at radius 2 is 2.15 bits per heavy atom. The fourth-order valence-corrected chi connectivity index (χ4v) is 2.90. The molecule has 8 nitrogen and oxygen atoms in total. The van der Waals surface area contributed by atoms with Crippen LogP contribution in [0.25, 0.3) is 22.3 Å². The van der Waals surface area contributed by atoms with Crippen molar-refractivity contribution in [1.82, 2.24) is 20.4 Å². The first-order chi connectivity index (χ1) is 13.0. The van der Waals surface area contributed by atoms with E-state index < -0.39 is 12.0 Å². The Bertz CT molecular complexity index is 946. The van der Waals surface area contributed by atoms with Gasteiger partial charge in [-0.2, -0.15) is 4.98 Å². The van der Waals surface area contributed by atoms with E-state index in [1.165, 1.54) is 0 Å². The molecule has 0 spiro atoms. The standard InChI is InChI=1S/C19H22N4O4/c1-3-11(2)17(19(25)26)21-15(24)7-8-16-22-18(23-27-16)13-5-4-6-14-12(13)9-10-20-14/h4-6,9-11,17,20H,3,7-8H2,1-2H3,(H,21,24)(H,25,26)/t11-,17+/m1/s1. The number of benzene rings is 1. The number of amides is 1. The number of hydrogen-bond acceptors (Lipinski definition) is 5. The minimum absolute atomic E-state index is 0.0796. The van der Waals surface area contributed by atoms with Gasteiger partial charge in [0.25, 0.3) is 0 Å². The Morgan fingerprint density at radius 1 is 1.33 bits per heavy atom. The maximum Gasteiger partial charge on any atom is 0.326 e. The van der Waals surface area contributed by atoms with Crippen LogP contribution in [0, 0.1) is 5.92 Å². The van der Waals surface area contributed by atoms with Gasteiger partial charge in [-0.25, -0.2) is 4.79 Å². The van der Waals surface area contributed by atoms with Crippen LogP contribution in [0.15, 0.2) is 35.0 Å². The highest BCUT2D eigenvalue weighted by molar-refractivity contribution is 5.93. The van der Waals surface area contributed by atoms with Crippen molar-refractivity contribution in [3.8, 4) is 11.4 Å².